The van der Waals surface area contributed by atoms with Crippen LogP contribution in [0.5, 0.6) is 0 Å². The molecule has 2 rings (SSSR count). The van der Waals surface area contributed by atoms with Crippen LogP contribution in [0.4, 0.5) is 8.78 Å². The quantitative estimate of drug-likeness (QED) is 0.782. The number of rotatable bonds is 1. The summed E-state index contributed by atoms with van der Waals surface area (Å²) in [5.41, 5.74) is -0.629. The number of fused-ring (bicyclic) bond motifs is 1. The van der Waals surface area contributed by atoms with Crippen LogP contribution in [-0.4, -0.2) is 5.11 Å². The second kappa shape index (κ2) is 4.31. The van der Waals surface area contributed by atoms with Crippen LogP contribution < -0.4 is 0 Å². The maximum absolute atomic E-state index is 13.6. The van der Waals surface area contributed by atoms with Gasteiger partial charge in [-0.15, -0.1) is 0 Å². The number of halogens is 3. The third-order valence-electron chi connectivity index (χ3n) is 2.76. The van der Waals surface area contributed by atoms with E-state index in [9.17, 15) is 13.9 Å². The molecule has 18 heavy (non-hydrogen) atoms. The average molecular weight is 319 g/mol. The molecule has 1 aromatic carbocycles. The van der Waals surface area contributed by atoms with Gasteiger partial charge in [-0.2, -0.15) is 4.39 Å². The van der Waals surface area contributed by atoms with Gasteiger partial charge >= 0.3 is 0 Å². The number of furan rings is 1. The monoisotopic (exact) mass is 318 g/mol. The Hall–Kier alpha value is -0.940. The molecule has 0 fully saturated rings. The highest BCUT2D eigenvalue weighted by Gasteiger charge is 2.28. The van der Waals surface area contributed by atoms with E-state index in [1.165, 1.54) is 6.07 Å². The van der Waals surface area contributed by atoms with Crippen molar-refractivity contribution in [2.24, 2.45) is 5.41 Å². The van der Waals surface area contributed by atoms with Crippen molar-refractivity contribution in [3.63, 3.8) is 0 Å². The van der Waals surface area contributed by atoms with Crippen molar-refractivity contribution < 1.29 is 18.3 Å². The van der Waals surface area contributed by atoms with E-state index in [-0.39, 0.29) is 11.3 Å². The Bertz CT molecular complexity index is 599. The minimum atomic E-state index is -1.04. The first-order valence-corrected chi connectivity index (χ1v) is 6.26. The third kappa shape index (κ3) is 2.17. The van der Waals surface area contributed by atoms with Crippen LogP contribution in [0.3, 0.4) is 0 Å². The van der Waals surface area contributed by atoms with Gasteiger partial charge in [0.05, 0.1) is 0 Å². The van der Waals surface area contributed by atoms with Gasteiger partial charge in [0.1, 0.15) is 11.9 Å². The lowest BCUT2D eigenvalue weighted by molar-refractivity contribution is 0.0446. The first-order chi connectivity index (χ1) is 8.21. The van der Waals surface area contributed by atoms with Crippen LogP contribution in [0.2, 0.25) is 0 Å². The molecule has 0 spiro atoms. The fraction of sp³-hybridized carbons (Fsp3) is 0.385. The lowest BCUT2D eigenvalue weighted by Gasteiger charge is -2.23. The second-order valence-corrected chi connectivity index (χ2v) is 6.17. The van der Waals surface area contributed by atoms with E-state index in [2.05, 4.69) is 15.9 Å². The molecule has 2 aromatic rings. The Kier molecular flexibility index (Phi) is 3.23. The van der Waals surface area contributed by atoms with Crippen molar-refractivity contribution in [3.8, 4) is 0 Å². The summed E-state index contributed by atoms with van der Waals surface area (Å²) in [6.07, 6.45) is -0.890. The molecule has 0 radical (unpaired) electrons. The molecule has 1 N–H and O–H groups in total. The van der Waals surface area contributed by atoms with E-state index in [0.717, 1.165) is 6.07 Å². The number of hydrogen-bond donors (Lipinski definition) is 1. The highest BCUT2D eigenvalue weighted by atomic mass is 79.9. The minimum Gasteiger partial charge on any atom is -0.455 e. The number of aliphatic hydroxyl groups excluding tert-OH is 1. The first-order valence-electron chi connectivity index (χ1n) is 5.47. The zero-order valence-electron chi connectivity index (χ0n) is 10.2. The topological polar surface area (TPSA) is 33.4 Å². The Morgan fingerprint density at radius 1 is 1.28 bits per heavy atom. The van der Waals surface area contributed by atoms with Crippen molar-refractivity contribution in [2.75, 3.05) is 0 Å². The molecule has 1 atom stereocenters. The summed E-state index contributed by atoms with van der Waals surface area (Å²) < 4.78 is 32.5. The molecule has 0 aliphatic heterocycles. The molecule has 1 unspecified atom stereocenters. The summed E-state index contributed by atoms with van der Waals surface area (Å²) in [5, 5.41) is 10.5. The number of hydrogen-bond acceptors (Lipinski definition) is 2. The summed E-state index contributed by atoms with van der Waals surface area (Å²) in [5.74, 6) is -1.80. The van der Waals surface area contributed by atoms with Gasteiger partial charge < -0.3 is 9.52 Å². The maximum Gasteiger partial charge on any atom is 0.201 e. The van der Waals surface area contributed by atoms with Crippen LogP contribution in [0.15, 0.2) is 21.0 Å². The molecule has 1 heterocycles. The van der Waals surface area contributed by atoms with E-state index < -0.39 is 23.2 Å². The van der Waals surface area contributed by atoms with Crippen molar-refractivity contribution in [1.82, 2.24) is 0 Å². The van der Waals surface area contributed by atoms with Crippen molar-refractivity contribution in [2.45, 2.75) is 26.9 Å². The summed E-state index contributed by atoms with van der Waals surface area (Å²) in [4.78, 5) is 0. The minimum absolute atomic E-state index is 0.180. The van der Waals surface area contributed by atoms with Gasteiger partial charge in [0.25, 0.3) is 0 Å². The molecule has 5 heteroatoms. The molecular formula is C13H13BrF2O2. The third-order valence-corrected chi connectivity index (χ3v) is 3.42. The normalized spacial score (nSPS) is 14.2. The van der Waals surface area contributed by atoms with Gasteiger partial charge in [0, 0.05) is 9.86 Å². The van der Waals surface area contributed by atoms with E-state index in [1.807, 2.05) is 20.8 Å². The van der Waals surface area contributed by atoms with Gasteiger partial charge in [-0.3, -0.25) is 0 Å². The summed E-state index contributed by atoms with van der Waals surface area (Å²) in [7, 11) is 0. The molecule has 0 saturated heterocycles. The number of aliphatic hydroxyl groups is 1. The highest BCUT2D eigenvalue weighted by Crippen LogP contribution is 2.38. The van der Waals surface area contributed by atoms with Crippen LogP contribution in [-0.2, 0) is 0 Å². The molecule has 0 aliphatic rings. The van der Waals surface area contributed by atoms with E-state index >= 15 is 0 Å². The lowest BCUT2D eigenvalue weighted by atomic mass is 9.88. The number of benzene rings is 1. The van der Waals surface area contributed by atoms with Crippen LogP contribution in [0, 0.1) is 17.0 Å². The first kappa shape index (κ1) is 13.5. The molecule has 98 valence electrons. The summed E-state index contributed by atoms with van der Waals surface area (Å²) in [6, 6.07) is 2.57. The maximum atomic E-state index is 13.6. The Balaban J connectivity index is 2.64. The van der Waals surface area contributed by atoms with Crippen molar-refractivity contribution in [3.05, 3.63) is 34.0 Å². The fourth-order valence-electron chi connectivity index (χ4n) is 1.67. The zero-order valence-corrected chi connectivity index (χ0v) is 11.8. The van der Waals surface area contributed by atoms with Gasteiger partial charge in [-0.05, 0) is 33.5 Å². The fourth-order valence-corrected chi connectivity index (χ4v) is 2.17. The van der Waals surface area contributed by atoms with Gasteiger partial charge in [-0.1, -0.05) is 20.8 Å². The van der Waals surface area contributed by atoms with Crippen molar-refractivity contribution in [1.29, 1.82) is 0 Å². The molecule has 0 aliphatic carbocycles. The standard InChI is InChI=1S/C13H13BrF2O2/c1-13(2,3)12(17)9-4-6-7(14)5-8(15)10(16)11(6)18-9/h4-5,12,17H,1-3H3. The van der Waals surface area contributed by atoms with Crippen LogP contribution >= 0.6 is 15.9 Å². The smallest absolute Gasteiger partial charge is 0.201 e. The predicted molar refractivity (Wildman–Crippen MR) is 68.2 cm³/mol. The molecule has 0 saturated carbocycles. The van der Waals surface area contributed by atoms with E-state index in [0.29, 0.717) is 9.86 Å². The molecule has 2 nitrogen and oxygen atoms in total. The summed E-state index contributed by atoms with van der Waals surface area (Å²) in [6.45, 7) is 5.49. The highest BCUT2D eigenvalue weighted by molar-refractivity contribution is 9.10. The summed E-state index contributed by atoms with van der Waals surface area (Å²) >= 11 is 3.15. The van der Waals surface area contributed by atoms with E-state index in [1.54, 1.807) is 0 Å². The predicted octanol–water partition coefficient (Wildman–Crippen LogP) is 4.55. The Morgan fingerprint density at radius 3 is 2.44 bits per heavy atom. The Morgan fingerprint density at radius 2 is 1.89 bits per heavy atom. The average Bonchev–Trinajstić information content (AvgIpc) is 2.69. The van der Waals surface area contributed by atoms with E-state index in [4.69, 9.17) is 4.42 Å². The largest absolute Gasteiger partial charge is 0.455 e. The van der Waals surface area contributed by atoms with Crippen LogP contribution in [0.25, 0.3) is 11.0 Å². The molecule has 1 aromatic heterocycles. The second-order valence-electron chi connectivity index (χ2n) is 5.31. The molecular weight excluding hydrogens is 306 g/mol. The molecule has 0 amide bonds. The molecule has 0 bridgehead atoms. The van der Waals surface area contributed by atoms with Gasteiger partial charge in [0.15, 0.2) is 11.4 Å². The Labute approximate surface area is 112 Å². The zero-order chi connectivity index (χ0) is 13.7. The van der Waals surface area contributed by atoms with Crippen molar-refractivity contribution >= 4 is 26.9 Å². The van der Waals surface area contributed by atoms with Crippen LogP contribution in [0.1, 0.15) is 32.6 Å². The SMILES string of the molecule is CC(C)(C)C(O)c1cc2c(Br)cc(F)c(F)c2o1. The van der Waals surface area contributed by atoms with Gasteiger partial charge in [0.2, 0.25) is 5.82 Å². The lowest BCUT2D eigenvalue weighted by Crippen LogP contribution is -2.17. The van der Waals surface area contributed by atoms with Gasteiger partial charge in [-0.25, -0.2) is 4.39 Å².